The summed E-state index contributed by atoms with van der Waals surface area (Å²) in [6.45, 7) is 5.32. The van der Waals surface area contributed by atoms with Gasteiger partial charge in [0.1, 0.15) is 34.7 Å². The van der Waals surface area contributed by atoms with Crippen LogP contribution in [0.2, 0.25) is 0 Å². The van der Waals surface area contributed by atoms with E-state index in [1.165, 1.54) is 16.7 Å². The molecule has 3 heterocycles. The first-order chi connectivity index (χ1) is 18.3. The van der Waals surface area contributed by atoms with Crippen molar-refractivity contribution in [1.29, 1.82) is 10.5 Å². The van der Waals surface area contributed by atoms with E-state index in [0.29, 0.717) is 29.8 Å². The first kappa shape index (κ1) is 25.1. The van der Waals surface area contributed by atoms with E-state index in [1.54, 1.807) is 19.2 Å². The molecule has 0 aliphatic carbocycles. The number of benzene rings is 2. The second kappa shape index (κ2) is 10.1. The fraction of sp³-hybridized carbons (Fsp3) is 0.267. The largest absolute Gasteiger partial charge is 0.363 e. The Bertz CT molecular complexity index is 1630. The van der Waals surface area contributed by atoms with Crippen LogP contribution in [-0.4, -0.2) is 39.6 Å². The molecule has 3 atom stereocenters. The van der Waals surface area contributed by atoms with Gasteiger partial charge in [0.15, 0.2) is 0 Å². The number of fused-ring (bicyclic) bond motifs is 1. The van der Waals surface area contributed by atoms with Gasteiger partial charge < -0.3 is 9.47 Å². The first-order valence-electron chi connectivity index (χ1n) is 12.5. The smallest absolute Gasteiger partial charge is 0.270 e. The normalized spacial score (nSPS) is 18.6. The van der Waals surface area contributed by atoms with Crippen LogP contribution in [0.4, 0.5) is 10.1 Å². The number of aryl methyl sites for hydroxylation is 1. The first-order valence-corrected chi connectivity index (χ1v) is 12.5. The Kier molecular flexibility index (Phi) is 6.67. The van der Waals surface area contributed by atoms with Gasteiger partial charge in [0.25, 0.3) is 5.56 Å². The van der Waals surface area contributed by atoms with Crippen molar-refractivity contribution in [2.24, 2.45) is 7.05 Å². The van der Waals surface area contributed by atoms with Crippen LogP contribution in [0.3, 0.4) is 0 Å². The molecule has 1 aliphatic heterocycles. The average Bonchev–Trinajstić information content (AvgIpc) is 2.94. The van der Waals surface area contributed by atoms with Crippen molar-refractivity contribution in [3.8, 4) is 12.1 Å². The zero-order valence-electron chi connectivity index (χ0n) is 21.5. The molecular formula is C30H27FN6O. The number of hydrogen-bond donors (Lipinski definition) is 0. The molecule has 2 aromatic heterocycles. The van der Waals surface area contributed by atoms with E-state index in [1.807, 2.05) is 30.3 Å². The Morgan fingerprint density at radius 2 is 1.61 bits per heavy atom. The van der Waals surface area contributed by atoms with Gasteiger partial charge in [-0.2, -0.15) is 10.5 Å². The van der Waals surface area contributed by atoms with Gasteiger partial charge in [0, 0.05) is 32.2 Å². The van der Waals surface area contributed by atoms with Gasteiger partial charge in [-0.05, 0) is 49.2 Å². The molecule has 0 amide bonds. The van der Waals surface area contributed by atoms with E-state index >= 15 is 0 Å². The molecule has 2 aromatic carbocycles. The zero-order valence-corrected chi connectivity index (χ0v) is 21.5. The third kappa shape index (κ3) is 4.30. The fourth-order valence-corrected chi connectivity index (χ4v) is 5.52. The number of anilines is 1. The van der Waals surface area contributed by atoms with Crippen molar-refractivity contribution in [3.05, 3.63) is 105 Å². The quantitative estimate of drug-likeness (QED) is 0.405. The fourth-order valence-electron chi connectivity index (χ4n) is 5.52. The van der Waals surface area contributed by atoms with Crippen molar-refractivity contribution < 1.29 is 4.39 Å². The molecule has 1 saturated heterocycles. The highest BCUT2D eigenvalue weighted by Gasteiger charge is 2.37. The van der Waals surface area contributed by atoms with E-state index < -0.39 is 5.56 Å². The molecule has 1 aliphatic rings. The van der Waals surface area contributed by atoms with E-state index in [9.17, 15) is 19.7 Å². The summed E-state index contributed by atoms with van der Waals surface area (Å²) in [7, 11) is 1.61. The molecule has 5 rings (SSSR count). The summed E-state index contributed by atoms with van der Waals surface area (Å²) in [5.41, 5.74) is 3.45. The van der Waals surface area contributed by atoms with E-state index in [0.717, 1.165) is 11.1 Å². The Morgan fingerprint density at radius 3 is 2.26 bits per heavy atom. The topological polar surface area (TPSA) is 88.9 Å². The number of aromatic nitrogens is 2. The van der Waals surface area contributed by atoms with Crippen LogP contribution in [-0.2, 0) is 7.05 Å². The molecule has 0 bridgehead atoms. The van der Waals surface area contributed by atoms with Gasteiger partial charge in [-0.3, -0.25) is 9.69 Å². The van der Waals surface area contributed by atoms with Gasteiger partial charge >= 0.3 is 0 Å². The highest BCUT2D eigenvalue weighted by atomic mass is 19.1. The lowest BCUT2D eigenvalue weighted by molar-refractivity contribution is 0.130. The van der Waals surface area contributed by atoms with Crippen LogP contribution >= 0.6 is 0 Å². The number of hydrogen-bond acceptors (Lipinski definition) is 6. The summed E-state index contributed by atoms with van der Waals surface area (Å²) in [5.74, 6) is -0.280. The predicted octanol–water partition coefficient (Wildman–Crippen LogP) is 4.50. The van der Waals surface area contributed by atoms with Gasteiger partial charge in [0.2, 0.25) is 0 Å². The monoisotopic (exact) mass is 506 g/mol. The number of piperazine rings is 1. The minimum absolute atomic E-state index is 0.00580. The number of nitriles is 2. The molecule has 0 spiro atoms. The van der Waals surface area contributed by atoms with Crippen LogP contribution in [0.5, 0.6) is 0 Å². The highest BCUT2D eigenvalue weighted by molar-refractivity contribution is 5.92. The average molecular weight is 507 g/mol. The summed E-state index contributed by atoms with van der Waals surface area (Å²) in [6, 6.07) is 24.0. The molecule has 38 heavy (non-hydrogen) atoms. The summed E-state index contributed by atoms with van der Waals surface area (Å²) in [5, 5.41) is 19.5. The van der Waals surface area contributed by atoms with Crippen LogP contribution in [0.15, 0.2) is 71.5 Å². The predicted molar refractivity (Wildman–Crippen MR) is 144 cm³/mol. The van der Waals surface area contributed by atoms with Gasteiger partial charge in [-0.15, -0.1) is 0 Å². The van der Waals surface area contributed by atoms with Crippen molar-refractivity contribution in [3.63, 3.8) is 0 Å². The molecule has 190 valence electrons. The number of rotatable bonds is 4. The van der Waals surface area contributed by atoms with Gasteiger partial charge in [-0.25, -0.2) is 9.37 Å². The minimum Gasteiger partial charge on any atom is -0.363 e. The van der Waals surface area contributed by atoms with Crippen molar-refractivity contribution in [2.75, 3.05) is 18.0 Å². The molecule has 4 aromatic rings. The second-order valence-corrected chi connectivity index (χ2v) is 9.79. The third-order valence-corrected chi connectivity index (χ3v) is 7.40. The standard InChI is InChI=1S/C30H27FN6O/c1-19-18-37(29-25(16-33)30(38)35(3)26-14-13-24(15-32)34-27(26)29)20(2)17-36(19)28(21-7-5-4-6-8-21)22-9-11-23(31)12-10-22/h4-14,19-20,28H,17-18H2,1-3H3/t19?,20-,28?/m0/s1. The van der Waals surface area contributed by atoms with E-state index in [-0.39, 0.29) is 35.2 Å². The second-order valence-electron chi connectivity index (χ2n) is 9.79. The van der Waals surface area contributed by atoms with Gasteiger partial charge in [-0.1, -0.05) is 42.5 Å². The molecule has 1 fully saturated rings. The maximum absolute atomic E-state index is 13.8. The van der Waals surface area contributed by atoms with Crippen molar-refractivity contribution in [2.45, 2.75) is 32.0 Å². The van der Waals surface area contributed by atoms with Gasteiger partial charge in [0.05, 0.1) is 17.2 Å². The Labute approximate surface area is 220 Å². The lowest BCUT2D eigenvalue weighted by atomic mass is 9.93. The van der Waals surface area contributed by atoms with Crippen LogP contribution in [0.25, 0.3) is 11.0 Å². The Morgan fingerprint density at radius 1 is 0.921 bits per heavy atom. The third-order valence-electron chi connectivity index (χ3n) is 7.40. The Balaban J connectivity index is 1.61. The van der Waals surface area contributed by atoms with Crippen molar-refractivity contribution >= 4 is 16.7 Å². The number of nitrogens with zero attached hydrogens (tertiary/aromatic N) is 6. The maximum Gasteiger partial charge on any atom is 0.270 e. The van der Waals surface area contributed by atoms with Crippen LogP contribution in [0.1, 0.15) is 42.3 Å². The lowest BCUT2D eigenvalue weighted by Crippen LogP contribution is -2.58. The zero-order chi connectivity index (χ0) is 27.0. The van der Waals surface area contributed by atoms with E-state index in [4.69, 9.17) is 0 Å². The molecule has 0 radical (unpaired) electrons. The van der Waals surface area contributed by atoms with Crippen molar-refractivity contribution in [1.82, 2.24) is 14.5 Å². The molecule has 2 unspecified atom stereocenters. The Hall–Kier alpha value is -4.53. The lowest BCUT2D eigenvalue weighted by Gasteiger charge is -2.48. The molecule has 8 heteroatoms. The SMILES string of the molecule is CC1CN(c2c(C#N)c(=O)n(C)c3ccc(C#N)nc23)[C@@H](C)CN1C(c1ccccc1)c1ccc(F)cc1. The highest BCUT2D eigenvalue weighted by Crippen LogP contribution is 2.37. The number of pyridine rings is 2. The summed E-state index contributed by atoms with van der Waals surface area (Å²) < 4.78 is 15.2. The summed E-state index contributed by atoms with van der Waals surface area (Å²) in [4.78, 5) is 22.2. The summed E-state index contributed by atoms with van der Waals surface area (Å²) in [6.07, 6.45) is 0. The summed E-state index contributed by atoms with van der Waals surface area (Å²) >= 11 is 0. The van der Waals surface area contributed by atoms with Crippen LogP contribution < -0.4 is 10.5 Å². The van der Waals surface area contributed by atoms with E-state index in [2.05, 4.69) is 52.9 Å². The molecular weight excluding hydrogens is 479 g/mol. The molecule has 7 nitrogen and oxygen atoms in total. The number of halogens is 1. The molecule has 0 N–H and O–H groups in total. The maximum atomic E-state index is 13.8. The van der Waals surface area contributed by atoms with Crippen LogP contribution in [0, 0.1) is 28.5 Å². The molecule has 0 saturated carbocycles. The minimum atomic E-state index is -0.391.